The number of benzene rings is 1. The second kappa shape index (κ2) is 5.45. The molecular formula is C17H12N4O3S. The molecule has 0 N–H and O–H groups in total. The summed E-state index contributed by atoms with van der Waals surface area (Å²) in [5, 5.41) is 3.99. The number of hydrogen-bond acceptors (Lipinski definition) is 6. The van der Waals surface area contributed by atoms with Crippen LogP contribution in [0.3, 0.4) is 0 Å². The van der Waals surface area contributed by atoms with E-state index < -0.39 is 11.1 Å². The van der Waals surface area contributed by atoms with Crippen molar-refractivity contribution >= 4 is 33.5 Å². The molecule has 2 aromatic heterocycles. The molecule has 1 aromatic carbocycles. The van der Waals surface area contributed by atoms with Gasteiger partial charge in [-0.2, -0.15) is 14.6 Å². The predicted molar refractivity (Wildman–Crippen MR) is 94.9 cm³/mol. The van der Waals surface area contributed by atoms with E-state index in [9.17, 15) is 14.4 Å². The van der Waals surface area contributed by atoms with E-state index >= 15 is 0 Å². The Labute approximate surface area is 145 Å². The zero-order valence-corrected chi connectivity index (χ0v) is 14.0. The first-order valence-corrected chi connectivity index (χ1v) is 8.31. The zero-order valence-electron chi connectivity index (χ0n) is 13.2. The van der Waals surface area contributed by atoms with Gasteiger partial charge < -0.3 is 4.90 Å². The number of thiazole rings is 1. The Morgan fingerprint density at radius 3 is 2.76 bits per heavy atom. The average molecular weight is 352 g/mol. The van der Waals surface area contributed by atoms with Crippen LogP contribution in [-0.4, -0.2) is 27.0 Å². The van der Waals surface area contributed by atoms with Gasteiger partial charge in [0.25, 0.3) is 17.0 Å². The number of nitrogens with zero attached hydrogens (tertiary/aromatic N) is 4. The number of amides is 1. The zero-order chi connectivity index (χ0) is 17.7. The molecule has 1 aliphatic rings. The molecule has 1 amide bonds. The van der Waals surface area contributed by atoms with Crippen LogP contribution in [0.2, 0.25) is 0 Å². The Bertz CT molecular complexity index is 1220. The topological polar surface area (TPSA) is 84.6 Å². The van der Waals surface area contributed by atoms with E-state index in [-0.39, 0.29) is 21.1 Å². The molecule has 7 nitrogen and oxygen atoms in total. The van der Waals surface area contributed by atoms with E-state index in [0.29, 0.717) is 17.7 Å². The van der Waals surface area contributed by atoms with Crippen molar-refractivity contribution in [2.75, 3.05) is 11.4 Å². The standard InChI is InChI=1S/C17H12N4O3S/c1-3-8-20-11-7-5-4-6-10(11)12(15(20)23)13-16(24)21-17(25-13)18-14(22)9(2)19-21/h3-7H,1,8H2,2H3/b13-12-. The summed E-state index contributed by atoms with van der Waals surface area (Å²) in [6.07, 6.45) is 1.63. The summed E-state index contributed by atoms with van der Waals surface area (Å²) in [5.74, 6) is -0.274. The Morgan fingerprint density at radius 1 is 1.24 bits per heavy atom. The van der Waals surface area contributed by atoms with E-state index in [1.54, 1.807) is 17.0 Å². The molecule has 0 spiro atoms. The van der Waals surface area contributed by atoms with Gasteiger partial charge in [0.1, 0.15) is 10.2 Å². The number of aromatic nitrogens is 3. The van der Waals surface area contributed by atoms with Gasteiger partial charge >= 0.3 is 0 Å². The minimum absolute atomic E-state index is 0.135. The van der Waals surface area contributed by atoms with Gasteiger partial charge in [0.05, 0.1) is 11.3 Å². The van der Waals surface area contributed by atoms with Gasteiger partial charge in [0, 0.05) is 12.1 Å². The van der Waals surface area contributed by atoms with Crippen molar-refractivity contribution in [3.05, 3.63) is 73.4 Å². The summed E-state index contributed by atoms with van der Waals surface area (Å²) in [6.45, 7) is 5.51. The Kier molecular flexibility index (Phi) is 3.36. The van der Waals surface area contributed by atoms with Gasteiger partial charge in [-0.1, -0.05) is 35.6 Å². The first kappa shape index (κ1) is 15.4. The van der Waals surface area contributed by atoms with Crippen molar-refractivity contribution in [1.82, 2.24) is 14.6 Å². The molecular weight excluding hydrogens is 340 g/mol. The summed E-state index contributed by atoms with van der Waals surface area (Å²) >= 11 is 0.998. The van der Waals surface area contributed by atoms with Crippen LogP contribution in [-0.2, 0) is 4.79 Å². The molecule has 0 aliphatic carbocycles. The molecule has 3 heterocycles. The minimum atomic E-state index is -0.482. The number of para-hydroxylation sites is 1. The van der Waals surface area contributed by atoms with Crippen molar-refractivity contribution in [3.8, 4) is 0 Å². The quantitative estimate of drug-likeness (QED) is 0.618. The number of hydrogen-bond donors (Lipinski definition) is 0. The molecule has 0 atom stereocenters. The molecule has 0 bridgehead atoms. The molecule has 3 aromatic rings. The second-order valence-corrected chi connectivity index (χ2v) is 6.51. The molecule has 124 valence electrons. The maximum atomic E-state index is 12.9. The molecule has 0 fully saturated rings. The highest BCUT2D eigenvalue weighted by atomic mass is 32.1. The van der Waals surface area contributed by atoms with Crippen molar-refractivity contribution < 1.29 is 4.79 Å². The molecule has 0 saturated heterocycles. The summed E-state index contributed by atoms with van der Waals surface area (Å²) in [5.41, 5.74) is 0.919. The van der Waals surface area contributed by atoms with Gasteiger partial charge in [-0.15, -0.1) is 6.58 Å². The third-order valence-electron chi connectivity index (χ3n) is 3.98. The van der Waals surface area contributed by atoms with Crippen LogP contribution in [0.5, 0.6) is 0 Å². The van der Waals surface area contributed by atoms with E-state index in [1.165, 1.54) is 6.92 Å². The Morgan fingerprint density at radius 2 is 2.00 bits per heavy atom. The monoisotopic (exact) mass is 352 g/mol. The second-order valence-electron chi connectivity index (χ2n) is 5.53. The maximum absolute atomic E-state index is 12.9. The molecule has 0 radical (unpaired) electrons. The van der Waals surface area contributed by atoms with Gasteiger partial charge in [-0.05, 0) is 13.0 Å². The average Bonchev–Trinajstić information content (AvgIpc) is 3.04. The number of rotatable bonds is 2. The maximum Gasteiger partial charge on any atom is 0.295 e. The lowest BCUT2D eigenvalue weighted by Gasteiger charge is -2.13. The highest BCUT2D eigenvalue weighted by molar-refractivity contribution is 7.15. The number of anilines is 1. The third kappa shape index (κ3) is 2.14. The lowest BCUT2D eigenvalue weighted by molar-refractivity contribution is -0.112. The fourth-order valence-corrected chi connectivity index (χ4v) is 3.84. The predicted octanol–water partition coefficient (Wildman–Crippen LogP) is 0.270. The van der Waals surface area contributed by atoms with Crippen LogP contribution in [0, 0.1) is 6.92 Å². The van der Waals surface area contributed by atoms with Crippen LogP contribution >= 0.6 is 11.3 Å². The highest BCUT2D eigenvalue weighted by Gasteiger charge is 2.33. The largest absolute Gasteiger partial charge is 0.304 e. The fourth-order valence-electron chi connectivity index (χ4n) is 2.85. The molecule has 0 unspecified atom stereocenters. The van der Waals surface area contributed by atoms with E-state index in [4.69, 9.17) is 0 Å². The van der Waals surface area contributed by atoms with Crippen molar-refractivity contribution in [2.45, 2.75) is 6.92 Å². The van der Waals surface area contributed by atoms with Crippen LogP contribution in [0.15, 0.2) is 46.5 Å². The molecule has 4 rings (SSSR count). The first-order valence-electron chi connectivity index (χ1n) is 7.50. The normalized spacial score (nSPS) is 15.7. The van der Waals surface area contributed by atoms with Gasteiger partial charge in [-0.3, -0.25) is 14.4 Å². The van der Waals surface area contributed by atoms with Gasteiger partial charge in [0.15, 0.2) is 0 Å². The van der Waals surface area contributed by atoms with Crippen LogP contribution in [0.4, 0.5) is 5.69 Å². The summed E-state index contributed by atoms with van der Waals surface area (Å²) < 4.78 is 1.31. The number of fused-ring (bicyclic) bond motifs is 2. The Hall–Kier alpha value is -3.13. The van der Waals surface area contributed by atoms with E-state index in [1.807, 2.05) is 18.2 Å². The molecule has 0 saturated carbocycles. The number of carbonyl (C=O) groups excluding carboxylic acids is 1. The molecule has 8 heteroatoms. The van der Waals surface area contributed by atoms with Crippen LogP contribution < -0.4 is 20.6 Å². The first-order chi connectivity index (χ1) is 12.0. The van der Waals surface area contributed by atoms with Crippen LogP contribution in [0.25, 0.3) is 10.5 Å². The Balaban J connectivity index is 2.13. The molecule has 1 aliphatic heterocycles. The van der Waals surface area contributed by atoms with Crippen LogP contribution in [0.1, 0.15) is 11.3 Å². The minimum Gasteiger partial charge on any atom is -0.304 e. The smallest absolute Gasteiger partial charge is 0.295 e. The van der Waals surface area contributed by atoms with Crippen molar-refractivity contribution in [3.63, 3.8) is 0 Å². The van der Waals surface area contributed by atoms with E-state index in [0.717, 1.165) is 21.5 Å². The summed E-state index contributed by atoms with van der Waals surface area (Å²) in [4.78, 5) is 43.0. The third-order valence-corrected chi connectivity index (χ3v) is 5.01. The van der Waals surface area contributed by atoms with Crippen molar-refractivity contribution in [1.29, 1.82) is 0 Å². The van der Waals surface area contributed by atoms with E-state index in [2.05, 4.69) is 16.7 Å². The van der Waals surface area contributed by atoms with Crippen molar-refractivity contribution in [2.24, 2.45) is 0 Å². The lowest BCUT2D eigenvalue weighted by Crippen LogP contribution is -2.33. The number of carbonyl (C=O) groups is 1. The van der Waals surface area contributed by atoms with Gasteiger partial charge in [0.2, 0.25) is 4.96 Å². The number of aryl methyl sites for hydroxylation is 1. The summed E-state index contributed by atoms with van der Waals surface area (Å²) in [7, 11) is 0. The summed E-state index contributed by atoms with van der Waals surface area (Å²) in [6, 6.07) is 7.26. The fraction of sp³-hybridized carbons (Fsp3) is 0.118. The van der Waals surface area contributed by atoms with Gasteiger partial charge in [-0.25, -0.2) is 0 Å². The highest BCUT2D eigenvalue weighted by Crippen LogP contribution is 2.34. The SMILES string of the molecule is C=CCN1C(=O)/C(=c2\sc3nc(=O)c(C)nn3c2=O)c2ccccc21. The lowest BCUT2D eigenvalue weighted by atomic mass is 10.1. The molecule has 25 heavy (non-hydrogen) atoms.